The van der Waals surface area contributed by atoms with Crippen molar-refractivity contribution in [3.8, 4) is 0 Å². The number of nitrogens with zero attached hydrogens (tertiary/aromatic N) is 3. The minimum atomic E-state index is -3.23. The Bertz CT molecular complexity index is 552. The number of aromatic nitrogens is 2. The predicted molar refractivity (Wildman–Crippen MR) is 79.6 cm³/mol. The van der Waals surface area contributed by atoms with Crippen molar-refractivity contribution in [2.45, 2.75) is 38.0 Å². The molecule has 7 nitrogen and oxygen atoms in total. The molecule has 0 radical (unpaired) electrons. The fraction of sp³-hybridized carbons (Fsp3) is 0.846. The third kappa shape index (κ3) is 4.02. The van der Waals surface area contributed by atoms with Gasteiger partial charge < -0.3 is 9.84 Å². The van der Waals surface area contributed by atoms with E-state index >= 15 is 0 Å². The van der Waals surface area contributed by atoms with E-state index in [0.717, 1.165) is 39.0 Å². The molecule has 1 saturated heterocycles. The summed E-state index contributed by atoms with van der Waals surface area (Å²) in [5.74, 6) is 0.785. The van der Waals surface area contributed by atoms with Crippen molar-refractivity contribution in [1.82, 2.24) is 20.4 Å². The number of piperazine rings is 1. The highest BCUT2D eigenvalue weighted by atomic mass is 32.2. The lowest BCUT2D eigenvalue weighted by atomic mass is 10.1. The maximum atomic E-state index is 11.6. The Kier molecular flexibility index (Phi) is 5.34. The van der Waals surface area contributed by atoms with Gasteiger partial charge in [0.25, 0.3) is 0 Å². The van der Waals surface area contributed by atoms with Crippen molar-refractivity contribution in [2.24, 2.45) is 0 Å². The van der Waals surface area contributed by atoms with Gasteiger partial charge in [-0.1, -0.05) is 18.5 Å². The predicted octanol–water partition coefficient (Wildman–Crippen LogP) is 0.922. The van der Waals surface area contributed by atoms with Gasteiger partial charge in [0, 0.05) is 32.4 Å². The molecule has 21 heavy (non-hydrogen) atoms. The molecule has 2 rings (SSSR count). The van der Waals surface area contributed by atoms with E-state index in [1.807, 2.05) is 0 Å². The molecular weight excluding hydrogens is 292 g/mol. The zero-order chi connectivity index (χ0) is 15.5. The number of hydrogen-bond donors (Lipinski definition) is 1. The van der Waals surface area contributed by atoms with E-state index in [2.05, 4.69) is 27.3 Å². The van der Waals surface area contributed by atoms with Gasteiger partial charge in [0.05, 0.1) is 6.04 Å². The fourth-order valence-electron chi connectivity index (χ4n) is 2.47. The molecule has 120 valence electrons. The summed E-state index contributed by atoms with van der Waals surface area (Å²) in [7, 11) is -3.23. The molecule has 8 heteroatoms. The van der Waals surface area contributed by atoms with Crippen LogP contribution < -0.4 is 5.32 Å². The van der Waals surface area contributed by atoms with Crippen LogP contribution in [0.25, 0.3) is 0 Å². The SMILES string of the molecule is CCCC(c1noc(C(C)S(C)(=O)=O)n1)N1CCNCC1. The van der Waals surface area contributed by atoms with Gasteiger partial charge in [-0.3, -0.25) is 4.90 Å². The molecule has 1 aromatic heterocycles. The summed E-state index contributed by atoms with van der Waals surface area (Å²) in [6, 6.07) is 0.0985. The van der Waals surface area contributed by atoms with E-state index in [4.69, 9.17) is 4.52 Å². The average molecular weight is 316 g/mol. The lowest BCUT2D eigenvalue weighted by molar-refractivity contribution is 0.155. The first-order valence-corrected chi connectivity index (χ1v) is 9.36. The molecule has 0 spiro atoms. The first-order valence-electron chi connectivity index (χ1n) is 7.40. The van der Waals surface area contributed by atoms with Crippen LogP contribution in [-0.4, -0.2) is 55.9 Å². The Morgan fingerprint density at radius 1 is 1.38 bits per heavy atom. The first-order chi connectivity index (χ1) is 9.93. The molecule has 2 unspecified atom stereocenters. The molecule has 1 N–H and O–H groups in total. The zero-order valence-corrected chi connectivity index (χ0v) is 13.7. The molecular formula is C13H24N4O3S. The molecule has 1 aliphatic heterocycles. The van der Waals surface area contributed by atoms with Crippen LogP contribution in [0.2, 0.25) is 0 Å². The molecule has 1 aliphatic rings. The van der Waals surface area contributed by atoms with Crippen LogP contribution in [0, 0.1) is 0 Å². The van der Waals surface area contributed by atoms with Crippen molar-refractivity contribution in [2.75, 3.05) is 32.4 Å². The number of nitrogens with one attached hydrogen (secondary N) is 1. The van der Waals surface area contributed by atoms with Gasteiger partial charge in [0.15, 0.2) is 15.7 Å². The van der Waals surface area contributed by atoms with Gasteiger partial charge in [0.2, 0.25) is 5.89 Å². The van der Waals surface area contributed by atoms with Crippen molar-refractivity contribution in [1.29, 1.82) is 0 Å². The van der Waals surface area contributed by atoms with Crippen molar-refractivity contribution < 1.29 is 12.9 Å². The van der Waals surface area contributed by atoms with E-state index in [9.17, 15) is 8.42 Å². The van der Waals surface area contributed by atoms with Crippen molar-refractivity contribution in [3.05, 3.63) is 11.7 Å². The summed E-state index contributed by atoms with van der Waals surface area (Å²) < 4.78 is 28.4. The van der Waals surface area contributed by atoms with Crippen LogP contribution in [0.15, 0.2) is 4.52 Å². The summed E-state index contributed by atoms with van der Waals surface area (Å²) in [4.78, 5) is 6.68. The number of rotatable bonds is 6. The quantitative estimate of drug-likeness (QED) is 0.835. The van der Waals surface area contributed by atoms with Gasteiger partial charge in [-0.25, -0.2) is 8.42 Å². The average Bonchev–Trinajstić information content (AvgIpc) is 2.93. The first kappa shape index (κ1) is 16.4. The highest BCUT2D eigenvalue weighted by Gasteiger charge is 2.29. The van der Waals surface area contributed by atoms with Gasteiger partial charge in [-0.2, -0.15) is 4.98 Å². The Morgan fingerprint density at radius 2 is 2.05 bits per heavy atom. The molecule has 1 aromatic rings. The summed E-state index contributed by atoms with van der Waals surface area (Å²) in [6.07, 6.45) is 3.13. The van der Waals surface area contributed by atoms with Gasteiger partial charge in [-0.05, 0) is 13.3 Å². The Morgan fingerprint density at radius 3 is 2.62 bits per heavy atom. The summed E-state index contributed by atoms with van der Waals surface area (Å²) >= 11 is 0. The second-order valence-corrected chi connectivity index (χ2v) is 7.92. The zero-order valence-electron chi connectivity index (χ0n) is 12.9. The molecule has 0 bridgehead atoms. The highest BCUT2D eigenvalue weighted by Crippen LogP contribution is 2.26. The third-order valence-corrected chi connectivity index (χ3v) is 5.39. The smallest absolute Gasteiger partial charge is 0.244 e. The van der Waals surface area contributed by atoms with Gasteiger partial charge >= 0.3 is 0 Å². The second kappa shape index (κ2) is 6.85. The van der Waals surface area contributed by atoms with Crippen LogP contribution in [0.1, 0.15) is 49.7 Å². The van der Waals surface area contributed by atoms with Crippen LogP contribution in [0.4, 0.5) is 0 Å². The standard InChI is InChI=1S/C13H24N4O3S/c1-4-5-11(17-8-6-14-7-9-17)12-15-13(20-16-12)10(2)21(3,18)19/h10-11,14H,4-9H2,1-3H3. The lowest BCUT2D eigenvalue weighted by Crippen LogP contribution is -2.45. The normalized spacial score (nSPS) is 20.3. The largest absolute Gasteiger partial charge is 0.338 e. The van der Waals surface area contributed by atoms with Crippen LogP contribution in [0.5, 0.6) is 0 Å². The molecule has 2 heterocycles. The van der Waals surface area contributed by atoms with E-state index < -0.39 is 15.1 Å². The molecule has 0 amide bonds. The minimum Gasteiger partial charge on any atom is -0.338 e. The molecule has 0 aromatic carbocycles. The molecule has 0 saturated carbocycles. The maximum Gasteiger partial charge on any atom is 0.244 e. The maximum absolute atomic E-state index is 11.6. The molecule has 0 aliphatic carbocycles. The second-order valence-electron chi connectivity index (χ2n) is 5.55. The monoisotopic (exact) mass is 316 g/mol. The Hall–Kier alpha value is -0.990. The van der Waals surface area contributed by atoms with Crippen LogP contribution in [-0.2, 0) is 9.84 Å². The van der Waals surface area contributed by atoms with Gasteiger partial charge in [0.1, 0.15) is 5.25 Å². The highest BCUT2D eigenvalue weighted by molar-refractivity contribution is 7.90. The van der Waals surface area contributed by atoms with Crippen LogP contribution >= 0.6 is 0 Å². The van der Waals surface area contributed by atoms with Crippen molar-refractivity contribution in [3.63, 3.8) is 0 Å². The van der Waals surface area contributed by atoms with E-state index in [1.54, 1.807) is 6.92 Å². The van der Waals surface area contributed by atoms with Crippen molar-refractivity contribution >= 4 is 9.84 Å². The number of hydrogen-bond acceptors (Lipinski definition) is 7. The third-order valence-electron chi connectivity index (χ3n) is 3.90. The summed E-state index contributed by atoms with van der Waals surface area (Å²) in [5.41, 5.74) is 0. The number of sulfone groups is 1. The molecule has 2 atom stereocenters. The van der Waals surface area contributed by atoms with E-state index in [1.165, 1.54) is 6.26 Å². The summed E-state index contributed by atoms with van der Waals surface area (Å²) in [6.45, 7) is 7.48. The van der Waals surface area contributed by atoms with E-state index in [0.29, 0.717) is 5.82 Å². The fourth-order valence-corrected chi connectivity index (χ4v) is 2.94. The topological polar surface area (TPSA) is 88.3 Å². The van der Waals surface area contributed by atoms with Gasteiger partial charge in [-0.15, -0.1) is 0 Å². The Labute approximate surface area is 126 Å². The lowest BCUT2D eigenvalue weighted by Gasteiger charge is -2.33. The minimum absolute atomic E-state index is 0.0985. The Balaban J connectivity index is 2.19. The molecule has 1 fully saturated rings. The van der Waals surface area contributed by atoms with E-state index in [-0.39, 0.29) is 11.9 Å². The summed E-state index contributed by atoms with van der Waals surface area (Å²) in [5, 5.41) is 6.59. The van der Waals surface area contributed by atoms with Crippen LogP contribution in [0.3, 0.4) is 0 Å².